The molecule has 1 aliphatic rings. The Morgan fingerprint density at radius 1 is 1.23 bits per heavy atom. The van der Waals surface area contributed by atoms with E-state index in [1.54, 1.807) is 31.4 Å². The molecule has 1 aliphatic heterocycles. The number of nitrogens with zero attached hydrogens (tertiary/aromatic N) is 2. The molecule has 7 nitrogen and oxygen atoms in total. The third-order valence-electron chi connectivity index (χ3n) is 3.47. The van der Waals surface area contributed by atoms with E-state index < -0.39 is 11.8 Å². The van der Waals surface area contributed by atoms with E-state index in [0.29, 0.717) is 31.1 Å². The molecule has 0 atom stereocenters. The Kier molecular flexibility index (Phi) is 4.98. The number of methoxy groups -OCH3 is 1. The van der Waals surface area contributed by atoms with E-state index in [4.69, 9.17) is 4.74 Å². The van der Waals surface area contributed by atoms with E-state index in [0.717, 1.165) is 0 Å². The number of hydrogen-bond donors (Lipinski definition) is 1. The zero-order chi connectivity index (χ0) is 16.1. The van der Waals surface area contributed by atoms with Gasteiger partial charge in [0.25, 0.3) is 0 Å². The SMILES string of the molecule is CCN1CCN(CC(=O)Nc2cccc(OC)c2)C(=O)C1=O. The Morgan fingerprint density at radius 2 is 1.91 bits per heavy atom. The fourth-order valence-corrected chi connectivity index (χ4v) is 2.24. The van der Waals surface area contributed by atoms with Crippen LogP contribution in [0.5, 0.6) is 5.75 Å². The average Bonchev–Trinajstić information content (AvgIpc) is 2.52. The molecular weight excluding hydrogens is 286 g/mol. The third kappa shape index (κ3) is 3.55. The molecule has 1 fully saturated rings. The van der Waals surface area contributed by atoms with Gasteiger partial charge in [0, 0.05) is 31.4 Å². The molecule has 0 aromatic heterocycles. The molecule has 0 spiro atoms. The second-order valence-electron chi connectivity index (χ2n) is 4.89. The minimum atomic E-state index is -0.631. The van der Waals surface area contributed by atoms with Crippen LogP contribution in [0.15, 0.2) is 24.3 Å². The summed E-state index contributed by atoms with van der Waals surface area (Å²) in [6.07, 6.45) is 0. The number of nitrogens with one attached hydrogen (secondary N) is 1. The summed E-state index contributed by atoms with van der Waals surface area (Å²) in [5.74, 6) is -0.906. The molecule has 0 radical (unpaired) electrons. The molecule has 22 heavy (non-hydrogen) atoms. The maximum atomic E-state index is 12.0. The second kappa shape index (κ2) is 6.93. The first-order valence-electron chi connectivity index (χ1n) is 7.07. The summed E-state index contributed by atoms with van der Waals surface area (Å²) in [6.45, 7) is 2.99. The molecule has 1 aromatic carbocycles. The van der Waals surface area contributed by atoms with Gasteiger partial charge in [-0.05, 0) is 19.1 Å². The lowest BCUT2D eigenvalue weighted by Gasteiger charge is -2.32. The van der Waals surface area contributed by atoms with Crippen molar-refractivity contribution in [1.82, 2.24) is 9.80 Å². The molecule has 7 heteroatoms. The summed E-state index contributed by atoms with van der Waals surface area (Å²) in [6, 6.07) is 6.92. The van der Waals surface area contributed by atoms with Crippen LogP contribution in [0.3, 0.4) is 0 Å². The highest BCUT2D eigenvalue weighted by Crippen LogP contribution is 2.16. The number of carbonyl (C=O) groups excluding carboxylic acids is 3. The monoisotopic (exact) mass is 305 g/mol. The highest BCUT2D eigenvalue weighted by molar-refractivity contribution is 6.35. The van der Waals surface area contributed by atoms with Gasteiger partial charge in [-0.1, -0.05) is 6.07 Å². The molecule has 1 saturated heterocycles. The fraction of sp³-hybridized carbons (Fsp3) is 0.400. The number of ether oxygens (including phenoxy) is 1. The summed E-state index contributed by atoms with van der Waals surface area (Å²) in [4.78, 5) is 38.4. The van der Waals surface area contributed by atoms with Gasteiger partial charge in [-0.3, -0.25) is 14.4 Å². The summed E-state index contributed by atoms with van der Waals surface area (Å²) in [5.41, 5.74) is 0.579. The number of hydrogen-bond acceptors (Lipinski definition) is 4. The van der Waals surface area contributed by atoms with Crippen LogP contribution in [0, 0.1) is 0 Å². The van der Waals surface area contributed by atoms with Gasteiger partial charge in [0.1, 0.15) is 12.3 Å². The van der Waals surface area contributed by atoms with Crippen LogP contribution in [0.1, 0.15) is 6.92 Å². The van der Waals surface area contributed by atoms with Crippen molar-refractivity contribution in [2.24, 2.45) is 0 Å². The van der Waals surface area contributed by atoms with Crippen LogP contribution in [0.25, 0.3) is 0 Å². The van der Waals surface area contributed by atoms with Crippen LogP contribution in [0.4, 0.5) is 5.69 Å². The highest BCUT2D eigenvalue weighted by Gasteiger charge is 2.32. The van der Waals surface area contributed by atoms with Gasteiger partial charge in [0.2, 0.25) is 5.91 Å². The number of anilines is 1. The van der Waals surface area contributed by atoms with E-state index in [1.807, 2.05) is 6.92 Å². The first kappa shape index (κ1) is 15.8. The van der Waals surface area contributed by atoms with E-state index in [2.05, 4.69) is 5.32 Å². The Bertz CT molecular complexity index is 588. The molecule has 0 bridgehead atoms. The minimum absolute atomic E-state index is 0.140. The number of carbonyl (C=O) groups is 3. The molecule has 118 valence electrons. The third-order valence-corrected chi connectivity index (χ3v) is 3.47. The molecule has 3 amide bonds. The Morgan fingerprint density at radius 3 is 2.59 bits per heavy atom. The lowest BCUT2D eigenvalue weighted by atomic mass is 10.2. The summed E-state index contributed by atoms with van der Waals surface area (Å²) >= 11 is 0. The number of benzene rings is 1. The fourth-order valence-electron chi connectivity index (χ4n) is 2.24. The van der Waals surface area contributed by atoms with Gasteiger partial charge < -0.3 is 19.9 Å². The van der Waals surface area contributed by atoms with Crippen molar-refractivity contribution in [2.75, 3.05) is 38.6 Å². The zero-order valence-corrected chi connectivity index (χ0v) is 12.7. The van der Waals surface area contributed by atoms with Crippen molar-refractivity contribution in [2.45, 2.75) is 6.92 Å². The van der Waals surface area contributed by atoms with E-state index in [9.17, 15) is 14.4 Å². The maximum Gasteiger partial charge on any atom is 0.312 e. The first-order chi connectivity index (χ1) is 10.5. The van der Waals surface area contributed by atoms with Gasteiger partial charge in [-0.2, -0.15) is 0 Å². The predicted octanol–water partition coefficient (Wildman–Crippen LogP) is 0.324. The maximum absolute atomic E-state index is 12.0. The quantitative estimate of drug-likeness (QED) is 0.795. The van der Waals surface area contributed by atoms with Gasteiger partial charge in [-0.15, -0.1) is 0 Å². The normalized spacial score (nSPS) is 15.0. The van der Waals surface area contributed by atoms with Gasteiger partial charge in [0.15, 0.2) is 0 Å². The predicted molar refractivity (Wildman–Crippen MR) is 80.5 cm³/mol. The van der Waals surface area contributed by atoms with Crippen LogP contribution >= 0.6 is 0 Å². The van der Waals surface area contributed by atoms with E-state index in [-0.39, 0.29) is 12.5 Å². The van der Waals surface area contributed by atoms with Crippen molar-refractivity contribution in [1.29, 1.82) is 0 Å². The summed E-state index contributed by atoms with van der Waals surface area (Å²) < 4.78 is 5.08. The molecule has 0 aliphatic carbocycles. The topological polar surface area (TPSA) is 79.0 Å². The molecule has 2 rings (SSSR count). The first-order valence-corrected chi connectivity index (χ1v) is 7.07. The molecule has 0 unspecified atom stereocenters. The Balaban J connectivity index is 1.94. The summed E-state index contributed by atoms with van der Waals surface area (Å²) in [7, 11) is 1.54. The lowest BCUT2D eigenvalue weighted by molar-refractivity contribution is -0.156. The molecule has 0 saturated carbocycles. The number of rotatable bonds is 5. The van der Waals surface area contributed by atoms with Crippen LogP contribution < -0.4 is 10.1 Å². The molecule has 1 N–H and O–H groups in total. The smallest absolute Gasteiger partial charge is 0.312 e. The van der Waals surface area contributed by atoms with E-state index in [1.165, 1.54) is 9.80 Å². The van der Waals surface area contributed by atoms with Gasteiger partial charge in [-0.25, -0.2) is 0 Å². The van der Waals surface area contributed by atoms with Crippen molar-refractivity contribution in [3.05, 3.63) is 24.3 Å². The molecular formula is C15H19N3O4. The number of likely N-dealkylation sites (N-methyl/N-ethyl adjacent to an activating group) is 1. The number of piperazine rings is 1. The van der Waals surface area contributed by atoms with Crippen LogP contribution in [-0.2, 0) is 14.4 Å². The van der Waals surface area contributed by atoms with Crippen LogP contribution in [0.2, 0.25) is 0 Å². The Hall–Kier alpha value is -2.57. The molecule has 1 aromatic rings. The lowest BCUT2D eigenvalue weighted by Crippen LogP contribution is -2.55. The van der Waals surface area contributed by atoms with Gasteiger partial charge in [0.05, 0.1) is 7.11 Å². The Labute approximate surface area is 128 Å². The second-order valence-corrected chi connectivity index (χ2v) is 4.89. The summed E-state index contributed by atoms with van der Waals surface area (Å²) in [5, 5.41) is 2.69. The standard InChI is InChI=1S/C15H19N3O4/c1-3-17-7-8-18(15(21)14(17)20)10-13(19)16-11-5-4-6-12(9-11)22-2/h4-6,9H,3,7-8,10H2,1-2H3,(H,16,19). The van der Waals surface area contributed by atoms with E-state index >= 15 is 0 Å². The largest absolute Gasteiger partial charge is 0.497 e. The van der Waals surface area contributed by atoms with Crippen molar-refractivity contribution in [3.8, 4) is 5.75 Å². The van der Waals surface area contributed by atoms with Crippen molar-refractivity contribution < 1.29 is 19.1 Å². The number of amides is 3. The van der Waals surface area contributed by atoms with Gasteiger partial charge >= 0.3 is 11.8 Å². The zero-order valence-electron chi connectivity index (χ0n) is 12.7. The van der Waals surface area contributed by atoms with Crippen LogP contribution in [-0.4, -0.2) is 60.8 Å². The van der Waals surface area contributed by atoms with Crippen molar-refractivity contribution in [3.63, 3.8) is 0 Å². The molecule has 1 heterocycles. The highest BCUT2D eigenvalue weighted by atomic mass is 16.5. The average molecular weight is 305 g/mol. The van der Waals surface area contributed by atoms with Crippen molar-refractivity contribution >= 4 is 23.4 Å². The minimum Gasteiger partial charge on any atom is -0.497 e.